The highest BCUT2D eigenvalue weighted by molar-refractivity contribution is 5.74. The molecule has 2 rings (SSSR count). The van der Waals surface area contributed by atoms with E-state index in [1.165, 1.54) is 62.5 Å². The standard InChI is InChI=1S/C34H54NO3/c1-6-9-10-11-12-13-14-16-21-29-24-19-25-32(26-29)38-31(8-3)28-37-34(36)33(20-7-2)35(4,5)27-30-22-17-15-18-23-30/h15,17-19,22-26,31,33H,6-14,16,20-21,27-28H2,1-5H3/q+1. The third kappa shape index (κ3) is 12.0. The van der Waals surface area contributed by atoms with Gasteiger partial charge in [0.2, 0.25) is 0 Å². The van der Waals surface area contributed by atoms with Crippen LogP contribution in [0.3, 0.4) is 0 Å². The summed E-state index contributed by atoms with van der Waals surface area (Å²) in [5, 5.41) is 0. The molecule has 0 saturated heterocycles. The van der Waals surface area contributed by atoms with Crippen LogP contribution in [0, 0.1) is 0 Å². The lowest BCUT2D eigenvalue weighted by Crippen LogP contribution is -2.53. The van der Waals surface area contributed by atoms with E-state index in [0.29, 0.717) is 4.48 Å². The zero-order chi connectivity index (χ0) is 27.6. The molecule has 4 nitrogen and oxygen atoms in total. The van der Waals surface area contributed by atoms with Gasteiger partial charge in [0.05, 0.1) is 14.1 Å². The number of ether oxygens (including phenoxy) is 2. The van der Waals surface area contributed by atoms with Crippen molar-refractivity contribution in [2.24, 2.45) is 0 Å². The molecule has 2 aromatic carbocycles. The lowest BCUT2D eigenvalue weighted by molar-refractivity contribution is -0.920. The van der Waals surface area contributed by atoms with Crippen molar-refractivity contribution < 1.29 is 18.8 Å². The normalized spacial score (nSPS) is 13.2. The number of carbonyl (C=O) groups excluding carboxylic acids is 1. The summed E-state index contributed by atoms with van der Waals surface area (Å²) in [5.74, 6) is 0.744. The summed E-state index contributed by atoms with van der Waals surface area (Å²) in [4.78, 5) is 13.2. The summed E-state index contributed by atoms with van der Waals surface area (Å²) in [7, 11) is 4.25. The first kappa shape index (κ1) is 31.9. The van der Waals surface area contributed by atoms with Gasteiger partial charge in [-0.1, -0.05) is 108 Å². The van der Waals surface area contributed by atoms with E-state index < -0.39 is 0 Å². The number of quaternary nitrogens is 1. The number of likely N-dealkylation sites (N-methyl/N-ethyl adjacent to an activating group) is 1. The highest BCUT2D eigenvalue weighted by Gasteiger charge is 2.36. The fourth-order valence-corrected chi connectivity index (χ4v) is 5.13. The molecule has 2 aromatic rings. The molecule has 0 amide bonds. The molecule has 0 aliphatic rings. The van der Waals surface area contributed by atoms with Gasteiger partial charge in [-0.25, -0.2) is 4.79 Å². The average molecular weight is 525 g/mol. The summed E-state index contributed by atoms with van der Waals surface area (Å²) < 4.78 is 12.7. The minimum Gasteiger partial charge on any atom is -0.487 e. The summed E-state index contributed by atoms with van der Waals surface area (Å²) >= 11 is 0. The molecule has 0 radical (unpaired) electrons. The molecule has 2 atom stereocenters. The van der Waals surface area contributed by atoms with Crippen molar-refractivity contribution in [3.05, 3.63) is 65.7 Å². The zero-order valence-corrected chi connectivity index (χ0v) is 24.9. The molecule has 0 bridgehead atoms. The van der Waals surface area contributed by atoms with Crippen LogP contribution in [-0.2, 0) is 22.5 Å². The molecule has 0 aliphatic carbocycles. The van der Waals surface area contributed by atoms with Gasteiger partial charge in [-0.15, -0.1) is 0 Å². The van der Waals surface area contributed by atoms with E-state index >= 15 is 0 Å². The lowest BCUT2D eigenvalue weighted by Gasteiger charge is -2.36. The van der Waals surface area contributed by atoms with Crippen LogP contribution in [0.1, 0.15) is 103 Å². The number of esters is 1. The summed E-state index contributed by atoms with van der Waals surface area (Å²) in [6.07, 6.45) is 14.1. The van der Waals surface area contributed by atoms with Crippen LogP contribution < -0.4 is 4.74 Å². The Morgan fingerprint density at radius 1 is 0.789 bits per heavy atom. The molecule has 212 valence electrons. The molecule has 0 heterocycles. The van der Waals surface area contributed by atoms with E-state index in [1.807, 2.05) is 12.1 Å². The van der Waals surface area contributed by atoms with Crippen molar-refractivity contribution in [2.75, 3.05) is 20.7 Å². The number of hydrogen-bond acceptors (Lipinski definition) is 3. The molecular formula is C34H54NO3+. The van der Waals surface area contributed by atoms with Crippen LogP contribution in [0.25, 0.3) is 0 Å². The van der Waals surface area contributed by atoms with Gasteiger partial charge in [-0.05, 0) is 43.4 Å². The van der Waals surface area contributed by atoms with Crippen LogP contribution in [0.2, 0.25) is 0 Å². The second-order valence-corrected chi connectivity index (χ2v) is 11.4. The Kier molecular flexibility index (Phi) is 15.1. The number of carbonyl (C=O) groups is 1. The highest BCUT2D eigenvalue weighted by Crippen LogP contribution is 2.21. The topological polar surface area (TPSA) is 35.5 Å². The monoisotopic (exact) mass is 524 g/mol. The minimum atomic E-state index is -0.201. The molecule has 0 saturated carbocycles. The van der Waals surface area contributed by atoms with Crippen molar-refractivity contribution in [1.82, 2.24) is 0 Å². The number of benzene rings is 2. The Bertz CT molecular complexity index is 896. The smallest absolute Gasteiger partial charge is 0.365 e. The molecule has 4 heteroatoms. The van der Waals surface area contributed by atoms with Crippen molar-refractivity contribution in [3.8, 4) is 5.75 Å². The molecule has 0 aromatic heterocycles. The first-order valence-electron chi connectivity index (χ1n) is 15.2. The van der Waals surface area contributed by atoms with Crippen LogP contribution in [0.5, 0.6) is 5.75 Å². The number of unbranched alkanes of at least 4 members (excludes halogenated alkanes) is 7. The van der Waals surface area contributed by atoms with Gasteiger partial charge in [-0.3, -0.25) is 0 Å². The number of nitrogens with zero attached hydrogens (tertiary/aromatic N) is 1. The summed E-state index contributed by atoms with van der Waals surface area (Å²) in [6, 6.07) is 18.6. The summed E-state index contributed by atoms with van der Waals surface area (Å²) in [5.41, 5.74) is 2.55. The second kappa shape index (κ2) is 18.0. The van der Waals surface area contributed by atoms with E-state index in [9.17, 15) is 4.79 Å². The largest absolute Gasteiger partial charge is 0.487 e. The Labute approximate surface area is 233 Å². The van der Waals surface area contributed by atoms with E-state index in [4.69, 9.17) is 9.47 Å². The maximum Gasteiger partial charge on any atom is 0.365 e. The van der Waals surface area contributed by atoms with Crippen LogP contribution in [-0.4, -0.2) is 43.3 Å². The predicted molar refractivity (Wildman–Crippen MR) is 159 cm³/mol. The Morgan fingerprint density at radius 2 is 1.45 bits per heavy atom. The van der Waals surface area contributed by atoms with Gasteiger partial charge in [0.15, 0.2) is 6.04 Å². The molecular weight excluding hydrogens is 470 g/mol. The molecule has 0 aliphatic heterocycles. The van der Waals surface area contributed by atoms with Crippen LogP contribution in [0.15, 0.2) is 54.6 Å². The fraction of sp³-hybridized carbons (Fsp3) is 0.618. The van der Waals surface area contributed by atoms with Gasteiger partial charge in [0.1, 0.15) is 25.0 Å². The van der Waals surface area contributed by atoms with Crippen molar-refractivity contribution in [1.29, 1.82) is 0 Å². The lowest BCUT2D eigenvalue weighted by atomic mass is 10.0. The maximum absolute atomic E-state index is 13.2. The van der Waals surface area contributed by atoms with Gasteiger partial charge in [0.25, 0.3) is 0 Å². The maximum atomic E-state index is 13.2. The van der Waals surface area contributed by atoms with Crippen molar-refractivity contribution in [3.63, 3.8) is 0 Å². The predicted octanol–water partition coefficient (Wildman–Crippen LogP) is 8.52. The highest BCUT2D eigenvalue weighted by atomic mass is 16.6. The number of aryl methyl sites for hydroxylation is 1. The SMILES string of the molecule is CCCCCCCCCCc1cccc(OC(CC)COC(=O)C(CCC)[N+](C)(C)Cc2ccccc2)c1. The van der Waals surface area contributed by atoms with E-state index in [0.717, 1.165) is 38.0 Å². The van der Waals surface area contributed by atoms with E-state index in [-0.39, 0.29) is 24.7 Å². The van der Waals surface area contributed by atoms with Crippen molar-refractivity contribution >= 4 is 5.97 Å². The van der Waals surface area contributed by atoms with Gasteiger partial charge < -0.3 is 14.0 Å². The molecule has 0 N–H and O–H groups in total. The molecule has 2 unspecified atom stereocenters. The molecule has 38 heavy (non-hydrogen) atoms. The number of rotatable bonds is 20. The molecule has 0 spiro atoms. The quantitative estimate of drug-likeness (QED) is 0.0989. The molecule has 0 fully saturated rings. The Hall–Kier alpha value is -2.33. The third-order valence-corrected chi connectivity index (χ3v) is 7.50. The van der Waals surface area contributed by atoms with Gasteiger partial charge >= 0.3 is 5.97 Å². The van der Waals surface area contributed by atoms with Crippen LogP contribution >= 0.6 is 0 Å². The Morgan fingerprint density at radius 3 is 2.11 bits per heavy atom. The van der Waals surface area contributed by atoms with Crippen molar-refractivity contribution in [2.45, 2.75) is 117 Å². The third-order valence-electron chi connectivity index (χ3n) is 7.50. The average Bonchev–Trinajstić information content (AvgIpc) is 2.91. The van der Waals surface area contributed by atoms with E-state index in [2.05, 4.69) is 77.3 Å². The fourth-order valence-electron chi connectivity index (χ4n) is 5.13. The first-order valence-corrected chi connectivity index (χ1v) is 15.2. The second-order valence-electron chi connectivity index (χ2n) is 11.4. The van der Waals surface area contributed by atoms with Crippen LogP contribution in [0.4, 0.5) is 0 Å². The summed E-state index contributed by atoms with van der Waals surface area (Å²) in [6.45, 7) is 7.55. The minimum absolute atomic E-state index is 0.127. The zero-order valence-electron chi connectivity index (χ0n) is 24.9. The van der Waals surface area contributed by atoms with E-state index in [1.54, 1.807) is 0 Å². The Balaban J connectivity index is 1.84. The first-order chi connectivity index (χ1) is 18.4. The van der Waals surface area contributed by atoms with Gasteiger partial charge in [-0.2, -0.15) is 0 Å². The van der Waals surface area contributed by atoms with Gasteiger partial charge in [0, 0.05) is 12.0 Å². The number of hydrogen-bond donors (Lipinski definition) is 0.